The number of nitrogens with zero attached hydrogens (tertiary/aromatic N) is 2. The lowest BCUT2D eigenvalue weighted by Gasteiger charge is -2.32. The molecule has 35 heavy (non-hydrogen) atoms. The van der Waals surface area contributed by atoms with Gasteiger partial charge in [0.25, 0.3) is 5.91 Å². The van der Waals surface area contributed by atoms with Crippen molar-refractivity contribution in [3.8, 4) is 11.5 Å². The summed E-state index contributed by atoms with van der Waals surface area (Å²) < 4.78 is 10.7. The van der Waals surface area contributed by atoms with Gasteiger partial charge in [-0.3, -0.25) is 9.59 Å². The summed E-state index contributed by atoms with van der Waals surface area (Å²) in [5.74, 6) is 1.08. The first-order chi connectivity index (χ1) is 17.1. The van der Waals surface area contributed by atoms with Crippen LogP contribution in [-0.2, 0) is 17.8 Å². The standard InChI is InChI=1S/C29H30N2O4/c1-34-24-12-10-21(11-13-24)28(32)31-18-26(22-8-5-9-25(16-22)35-2)27(19-31)29(33)30-15-14-20-6-3-4-7-23(20)17-30/h3-13,16,26-27H,14-15,17-19H2,1-2H3. The van der Waals surface area contributed by atoms with E-state index in [1.807, 2.05) is 40.1 Å². The third-order valence-electron chi connectivity index (χ3n) is 7.23. The van der Waals surface area contributed by atoms with Crippen LogP contribution in [0, 0.1) is 5.92 Å². The van der Waals surface area contributed by atoms with Crippen molar-refractivity contribution in [1.29, 1.82) is 0 Å². The highest BCUT2D eigenvalue weighted by Gasteiger charge is 2.42. The summed E-state index contributed by atoms with van der Waals surface area (Å²) in [5, 5.41) is 0. The molecule has 2 aliphatic rings. The van der Waals surface area contributed by atoms with Gasteiger partial charge in [-0.1, -0.05) is 36.4 Å². The first-order valence-corrected chi connectivity index (χ1v) is 12.0. The minimum atomic E-state index is -0.311. The summed E-state index contributed by atoms with van der Waals surface area (Å²) in [6.07, 6.45) is 0.854. The molecule has 2 atom stereocenters. The number of likely N-dealkylation sites (tertiary alicyclic amines) is 1. The van der Waals surface area contributed by atoms with Crippen molar-refractivity contribution >= 4 is 11.8 Å². The van der Waals surface area contributed by atoms with E-state index in [9.17, 15) is 9.59 Å². The molecule has 1 fully saturated rings. The van der Waals surface area contributed by atoms with Crippen LogP contribution in [0.3, 0.4) is 0 Å². The number of methoxy groups -OCH3 is 2. The molecule has 0 spiro atoms. The molecule has 1 saturated heterocycles. The topological polar surface area (TPSA) is 59.1 Å². The molecule has 3 aromatic rings. The SMILES string of the molecule is COc1ccc(C(=O)N2CC(C(=O)N3CCc4ccccc4C3)C(c3cccc(OC)c3)C2)cc1. The highest BCUT2D eigenvalue weighted by Crippen LogP contribution is 2.37. The van der Waals surface area contributed by atoms with Crippen LogP contribution in [0.25, 0.3) is 0 Å². The van der Waals surface area contributed by atoms with Gasteiger partial charge in [0.1, 0.15) is 11.5 Å². The third kappa shape index (κ3) is 4.61. The molecule has 6 nitrogen and oxygen atoms in total. The van der Waals surface area contributed by atoms with Crippen LogP contribution in [0.2, 0.25) is 0 Å². The Kier molecular flexibility index (Phi) is 6.45. The normalized spacial score (nSPS) is 19.3. The summed E-state index contributed by atoms with van der Waals surface area (Å²) in [6.45, 7) is 2.19. The van der Waals surface area contributed by atoms with Gasteiger partial charge in [-0.05, 0) is 59.5 Å². The fourth-order valence-electron chi connectivity index (χ4n) is 5.26. The molecule has 0 aromatic heterocycles. The summed E-state index contributed by atoms with van der Waals surface area (Å²) in [5.41, 5.74) is 4.12. The predicted octanol–water partition coefficient (Wildman–Crippen LogP) is 4.14. The smallest absolute Gasteiger partial charge is 0.253 e. The number of hydrogen-bond acceptors (Lipinski definition) is 4. The maximum absolute atomic E-state index is 13.9. The molecular weight excluding hydrogens is 440 g/mol. The summed E-state index contributed by atoms with van der Waals surface area (Å²) >= 11 is 0. The Bertz CT molecular complexity index is 1220. The Labute approximate surface area is 206 Å². The van der Waals surface area contributed by atoms with Crippen LogP contribution < -0.4 is 9.47 Å². The number of carbonyl (C=O) groups excluding carboxylic acids is 2. The van der Waals surface area contributed by atoms with Gasteiger partial charge in [0.05, 0.1) is 20.1 Å². The zero-order valence-electron chi connectivity index (χ0n) is 20.1. The molecule has 3 aromatic carbocycles. The molecule has 0 radical (unpaired) electrons. The first-order valence-electron chi connectivity index (χ1n) is 12.0. The number of benzene rings is 3. The summed E-state index contributed by atoms with van der Waals surface area (Å²) in [4.78, 5) is 31.0. The fraction of sp³-hybridized carbons (Fsp3) is 0.310. The Morgan fingerprint density at radius 1 is 0.800 bits per heavy atom. The number of carbonyl (C=O) groups is 2. The van der Waals surface area contributed by atoms with Crippen LogP contribution in [0.1, 0.15) is 33.0 Å². The van der Waals surface area contributed by atoms with E-state index in [1.54, 1.807) is 38.5 Å². The van der Waals surface area contributed by atoms with Crippen LogP contribution in [0.5, 0.6) is 11.5 Å². The van der Waals surface area contributed by atoms with Crippen molar-refractivity contribution < 1.29 is 19.1 Å². The zero-order valence-corrected chi connectivity index (χ0v) is 20.1. The first kappa shape index (κ1) is 23.0. The van der Waals surface area contributed by atoms with Crippen LogP contribution in [-0.4, -0.2) is 55.5 Å². The van der Waals surface area contributed by atoms with E-state index in [-0.39, 0.29) is 23.7 Å². The zero-order chi connectivity index (χ0) is 24.4. The second-order valence-electron chi connectivity index (χ2n) is 9.21. The lowest BCUT2D eigenvalue weighted by Crippen LogP contribution is -2.42. The molecule has 2 aliphatic heterocycles. The molecule has 2 unspecified atom stereocenters. The van der Waals surface area contributed by atoms with Crippen molar-refractivity contribution in [2.75, 3.05) is 33.9 Å². The van der Waals surface area contributed by atoms with Crippen LogP contribution in [0.15, 0.2) is 72.8 Å². The number of fused-ring (bicyclic) bond motifs is 1. The molecule has 2 amide bonds. The van der Waals surface area contributed by atoms with Gasteiger partial charge in [-0.15, -0.1) is 0 Å². The predicted molar refractivity (Wildman–Crippen MR) is 134 cm³/mol. The largest absolute Gasteiger partial charge is 0.497 e. The van der Waals surface area contributed by atoms with Crippen molar-refractivity contribution in [3.63, 3.8) is 0 Å². The van der Waals surface area contributed by atoms with E-state index < -0.39 is 0 Å². The maximum atomic E-state index is 13.9. The molecule has 0 N–H and O–H groups in total. The van der Waals surface area contributed by atoms with Gasteiger partial charge in [-0.25, -0.2) is 0 Å². The maximum Gasteiger partial charge on any atom is 0.253 e. The van der Waals surface area contributed by atoms with Gasteiger partial charge in [0.2, 0.25) is 5.91 Å². The van der Waals surface area contributed by atoms with Gasteiger partial charge in [-0.2, -0.15) is 0 Å². The summed E-state index contributed by atoms with van der Waals surface area (Å²) in [6, 6.07) is 23.3. The average molecular weight is 471 g/mol. The minimum absolute atomic E-state index is 0.0696. The second kappa shape index (κ2) is 9.82. The third-order valence-corrected chi connectivity index (χ3v) is 7.23. The summed E-state index contributed by atoms with van der Waals surface area (Å²) in [7, 11) is 3.24. The van der Waals surface area contributed by atoms with Gasteiger partial charge in [0, 0.05) is 37.7 Å². The Morgan fingerprint density at radius 3 is 2.29 bits per heavy atom. The number of amides is 2. The van der Waals surface area contributed by atoms with E-state index in [1.165, 1.54) is 11.1 Å². The Morgan fingerprint density at radius 2 is 1.54 bits per heavy atom. The highest BCUT2D eigenvalue weighted by atomic mass is 16.5. The Balaban J connectivity index is 1.42. The van der Waals surface area contributed by atoms with E-state index in [0.29, 0.717) is 37.5 Å². The van der Waals surface area contributed by atoms with Gasteiger partial charge < -0.3 is 19.3 Å². The van der Waals surface area contributed by atoms with Crippen LogP contribution in [0.4, 0.5) is 0 Å². The van der Waals surface area contributed by atoms with Crippen molar-refractivity contribution in [2.24, 2.45) is 5.92 Å². The van der Waals surface area contributed by atoms with Crippen molar-refractivity contribution in [3.05, 3.63) is 95.1 Å². The highest BCUT2D eigenvalue weighted by molar-refractivity contribution is 5.95. The molecule has 0 bridgehead atoms. The molecule has 180 valence electrons. The molecule has 5 rings (SSSR count). The van der Waals surface area contributed by atoms with E-state index in [0.717, 1.165) is 17.7 Å². The van der Waals surface area contributed by atoms with Crippen molar-refractivity contribution in [1.82, 2.24) is 9.80 Å². The van der Waals surface area contributed by atoms with E-state index >= 15 is 0 Å². The van der Waals surface area contributed by atoms with Gasteiger partial charge in [0.15, 0.2) is 0 Å². The second-order valence-corrected chi connectivity index (χ2v) is 9.21. The molecule has 0 aliphatic carbocycles. The Hall–Kier alpha value is -3.80. The monoisotopic (exact) mass is 470 g/mol. The average Bonchev–Trinajstić information content (AvgIpc) is 3.37. The number of hydrogen-bond donors (Lipinski definition) is 0. The molecular formula is C29H30N2O4. The lowest BCUT2D eigenvalue weighted by molar-refractivity contribution is -0.136. The molecule has 6 heteroatoms. The van der Waals surface area contributed by atoms with Gasteiger partial charge >= 0.3 is 0 Å². The quantitative estimate of drug-likeness (QED) is 0.562. The van der Waals surface area contributed by atoms with E-state index in [4.69, 9.17) is 9.47 Å². The molecule has 0 saturated carbocycles. The number of ether oxygens (including phenoxy) is 2. The van der Waals surface area contributed by atoms with Crippen LogP contribution >= 0.6 is 0 Å². The van der Waals surface area contributed by atoms with E-state index in [2.05, 4.69) is 18.2 Å². The van der Waals surface area contributed by atoms with Crippen molar-refractivity contribution in [2.45, 2.75) is 18.9 Å². The lowest BCUT2D eigenvalue weighted by atomic mass is 9.87. The number of rotatable bonds is 5. The fourth-order valence-corrected chi connectivity index (χ4v) is 5.26. The minimum Gasteiger partial charge on any atom is -0.497 e. The molecule has 2 heterocycles.